The lowest BCUT2D eigenvalue weighted by Gasteiger charge is -2.03. The minimum atomic E-state index is -0.0498. The molecule has 78 valence electrons. The zero-order valence-electron chi connectivity index (χ0n) is 8.33. The third-order valence-corrected chi connectivity index (χ3v) is 2.99. The highest BCUT2D eigenvalue weighted by atomic mass is 35.5. The summed E-state index contributed by atoms with van der Waals surface area (Å²) in [6, 6.07) is 5.07. The van der Waals surface area contributed by atoms with Crippen LogP contribution in [0.5, 0.6) is 0 Å². The Morgan fingerprint density at radius 2 is 2.07 bits per heavy atom. The lowest BCUT2D eigenvalue weighted by Crippen LogP contribution is -2.00. The quantitative estimate of drug-likeness (QED) is 0.715. The minimum absolute atomic E-state index is 0.0498. The summed E-state index contributed by atoms with van der Waals surface area (Å²) in [5.74, 6) is 0. The van der Waals surface area contributed by atoms with Gasteiger partial charge in [0, 0.05) is 6.07 Å². The van der Waals surface area contributed by atoms with Gasteiger partial charge in [-0.2, -0.15) is 0 Å². The van der Waals surface area contributed by atoms with Crippen LogP contribution in [0.15, 0.2) is 32.5 Å². The third-order valence-electron chi connectivity index (χ3n) is 2.11. The second kappa shape index (κ2) is 3.91. The maximum atomic E-state index is 11.7. The van der Waals surface area contributed by atoms with Gasteiger partial charge in [0.05, 0.1) is 10.4 Å². The van der Waals surface area contributed by atoms with Gasteiger partial charge in [-0.25, -0.2) is 0 Å². The number of halogens is 1. The van der Waals surface area contributed by atoms with Crippen molar-refractivity contribution in [2.75, 3.05) is 6.26 Å². The number of hydrogen-bond acceptors (Lipinski definition) is 3. The molecule has 0 aliphatic rings. The molecule has 2 nitrogen and oxygen atoms in total. The lowest BCUT2D eigenvalue weighted by molar-refractivity contribution is 0.500. The second-order valence-electron chi connectivity index (χ2n) is 3.26. The van der Waals surface area contributed by atoms with Gasteiger partial charge in [0.15, 0.2) is 16.1 Å². The van der Waals surface area contributed by atoms with E-state index in [1.54, 1.807) is 12.1 Å². The van der Waals surface area contributed by atoms with E-state index in [1.807, 2.05) is 13.2 Å². The topological polar surface area (TPSA) is 30.2 Å². The van der Waals surface area contributed by atoms with Crippen molar-refractivity contribution in [3.63, 3.8) is 0 Å². The van der Waals surface area contributed by atoms with Crippen LogP contribution in [0.2, 0.25) is 5.02 Å². The molecule has 0 saturated carbocycles. The van der Waals surface area contributed by atoms with Crippen LogP contribution in [-0.4, -0.2) is 6.26 Å². The molecule has 0 spiro atoms. The molecule has 0 aliphatic heterocycles. The van der Waals surface area contributed by atoms with Gasteiger partial charge in [-0.05, 0) is 30.9 Å². The molecule has 0 amide bonds. The summed E-state index contributed by atoms with van der Waals surface area (Å²) in [6.07, 6.45) is 1.85. The van der Waals surface area contributed by atoms with Gasteiger partial charge in [-0.15, -0.1) is 0 Å². The zero-order valence-corrected chi connectivity index (χ0v) is 9.91. The number of fused-ring (bicyclic) bond motifs is 1. The van der Waals surface area contributed by atoms with Gasteiger partial charge < -0.3 is 4.42 Å². The van der Waals surface area contributed by atoms with Crippen LogP contribution in [0.1, 0.15) is 5.56 Å². The van der Waals surface area contributed by atoms with Crippen LogP contribution in [0.25, 0.3) is 11.0 Å². The molecule has 0 bridgehead atoms. The monoisotopic (exact) mass is 240 g/mol. The Kier molecular flexibility index (Phi) is 2.76. The summed E-state index contributed by atoms with van der Waals surface area (Å²) in [6.45, 7) is 1.90. The summed E-state index contributed by atoms with van der Waals surface area (Å²) in [7, 11) is 0. The van der Waals surface area contributed by atoms with Crippen molar-refractivity contribution in [2.24, 2.45) is 0 Å². The van der Waals surface area contributed by atoms with E-state index in [-0.39, 0.29) is 5.43 Å². The van der Waals surface area contributed by atoms with Crippen LogP contribution in [0, 0.1) is 6.92 Å². The molecule has 0 fully saturated rings. The smallest absolute Gasteiger partial charge is 0.193 e. The van der Waals surface area contributed by atoms with Gasteiger partial charge >= 0.3 is 0 Å². The Bertz CT molecular complexity index is 575. The average Bonchev–Trinajstić information content (AvgIpc) is 2.19. The molecule has 1 heterocycles. The predicted octanol–water partition coefficient (Wildman–Crippen LogP) is 3.48. The number of benzene rings is 1. The van der Waals surface area contributed by atoms with Crippen LogP contribution < -0.4 is 5.43 Å². The number of thioether (sulfide) groups is 1. The van der Waals surface area contributed by atoms with Crippen molar-refractivity contribution in [1.82, 2.24) is 0 Å². The van der Waals surface area contributed by atoms with Crippen LogP contribution in [0.3, 0.4) is 0 Å². The molecule has 0 atom stereocenters. The zero-order chi connectivity index (χ0) is 11.0. The average molecular weight is 241 g/mol. The highest BCUT2D eigenvalue weighted by molar-refractivity contribution is 7.98. The predicted molar refractivity (Wildman–Crippen MR) is 64.0 cm³/mol. The first-order valence-electron chi connectivity index (χ1n) is 4.40. The molecule has 1 aromatic carbocycles. The fourth-order valence-corrected chi connectivity index (χ4v) is 2.14. The summed E-state index contributed by atoms with van der Waals surface area (Å²) in [5, 5.41) is 1.61. The molecule has 0 unspecified atom stereocenters. The first-order valence-corrected chi connectivity index (χ1v) is 6.00. The summed E-state index contributed by atoms with van der Waals surface area (Å²) >= 11 is 7.41. The minimum Gasteiger partial charge on any atom is -0.448 e. The molecule has 0 aliphatic carbocycles. The Morgan fingerprint density at radius 3 is 2.73 bits per heavy atom. The van der Waals surface area contributed by atoms with Crippen molar-refractivity contribution in [3.8, 4) is 0 Å². The molecule has 1 aromatic heterocycles. The van der Waals surface area contributed by atoms with Crippen molar-refractivity contribution < 1.29 is 4.42 Å². The lowest BCUT2D eigenvalue weighted by atomic mass is 10.1. The van der Waals surface area contributed by atoms with Crippen molar-refractivity contribution >= 4 is 34.3 Å². The molecule has 0 N–H and O–H groups in total. The molecule has 2 aromatic rings. The molecule has 4 heteroatoms. The number of rotatable bonds is 1. The number of hydrogen-bond donors (Lipinski definition) is 0. The molecule has 0 radical (unpaired) electrons. The van der Waals surface area contributed by atoms with Crippen LogP contribution in [-0.2, 0) is 0 Å². The maximum Gasteiger partial charge on any atom is 0.193 e. The SMILES string of the molecule is CSc1cc(=O)c2cc(C)cc(Cl)c2o1. The summed E-state index contributed by atoms with van der Waals surface area (Å²) in [4.78, 5) is 11.7. The van der Waals surface area contributed by atoms with E-state index in [9.17, 15) is 4.79 Å². The summed E-state index contributed by atoms with van der Waals surface area (Å²) in [5.41, 5.74) is 1.38. The van der Waals surface area contributed by atoms with E-state index in [0.717, 1.165) is 5.56 Å². The molecule has 15 heavy (non-hydrogen) atoms. The van der Waals surface area contributed by atoms with Gasteiger partial charge in [-0.1, -0.05) is 23.4 Å². The Balaban J connectivity index is 2.91. The first-order chi connectivity index (χ1) is 7.11. The Morgan fingerprint density at radius 1 is 1.33 bits per heavy atom. The van der Waals surface area contributed by atoms with Gasteiger partial charge in [0.25, 0.3) is 0 Å². The Hall–Kier alpha value is -0.930. The maximum absolute atomic E-state index is 11.7. The van der Waals surface area contributed by atoms with Crippen LogP contribution in [0.4, 0.5) is 0 Å². The van der Waals surface area contributed by atoms with E-state index in [0.29, 0.717) is 21.1 Å². The molecular weight excluding hydrogens is 232 g/mol. The van der Waals surface area contributed by atoms with E-state index in [1.165, 1.54) is 17.8 Å². The standard InChI is InChI=1S/C11H9ClO2S/c1-6-3-7-9(13)5-10(15-2)14-11(7)8(12)4-6/h3-5H,1-2H3. The van der Waals surface area contributed by atoms with Crippen molar-refractivity contribution in [1.29, 1.82) is 0 Å². The van der Waals surface area contributed by atoms with Gasteiger partial charge in [0.2, 0.25) is 0 Å². The highest BCUT2D eigenvalue weighted by Crippen LogP contribution is 2.26. The Labute approximate surface area is 96.2 Å². The third kappa shape index (κ3) is 1.90. The fraction of sp³-hybridized carbons (Fsp3) is 0.182. The van der Waals surface area contributed by atoms with E-state index in [4.69, 9.17) is 16.0 Å². The molecule has 0 saturated heterocycles. The largest absolute Gasteiger partial charge is 0.448 e. The second-order valence-corrected chi connectivity index (χ2v) is 4.48. The fourth-order valence-electron chi connectivity index (χ4n) is 1.43. The van der Waals surface area contributed by atoms with Crippen molar-refractivity contribution in [2.45, 2.75) is 12.0 Å². The summed E-state index contributed by atoms with van der Waals surface area (Å²) < 4.78 is 5.51. The van der Waals surface area contributed by atoms with Crippen molar-refractivity contribution in [3.05, 3.63) is 39.0 Å². The van der Waals surface area contributed by atoms with Gasteiger partial charge in [-0.3, -0.25) is 4.79 Å². The first kappa shape index (κ1) is 10.6. The van der Waals surface area contributed by atoms with Crippen LogP contribution >= 0.6 is 23.4 Å². The van der Waals surface area contributed by atoms with E-state index >= 15 is 0 Å². The highest BCUT2D eigenvalue weighted by Gasteiger charge is 2.08. The molecular formula is C11H9ClO2S. The van der Waals surface area contributed by atoms with E-state index in [2.05, 4.69) is 0 Å². The van der Waals surface area contributed by atoms with Gasteiger partial charge in [0.1, 0.15) is 0 Å². The number of aryl methyl sites for hydroxylation is 1. The normalized spacial score (nSPS) is 10.9. The van der Waals surface area contributed by atoms with E-state index < -0.39 is 0 Å². The molecule has 2 rings (SSSR count).